The molecule has 3 unspecified atom stereocenters. The van der Waals surface area contributed by atoms with Crippen LogP contribution in [0, 0.1) is 5.92 Å². The largest absolute Gasteiger partial charge is 0.489 e. The molecule has 0 spiro atoms. The van der Waals surface area contributed by atoms with Gasteiger partial charge in [-0.15, -0.1) is 0 Å². The number of nitrogens with one attached hydrogen (secondary N) is 1. The van der Waals surface area contributed by atoms with E-state index >= 15 is 0 Å². The zero-order valence-corrected chi connectivity index (χ0v) is 24.1. The summed E-state index contributed by atoms with van der Waals surface area (Å²) in [5, 5.41) is 0.548. The molecule has 0 saturated carbocycles. The summed E-state index contributed by atoms with van der Waals surface area (Å²) in [5.41, 5.74) is 2.48. The molecule has 3 aromatic carbocycles. The summed E-state index contributed by atoms with van der Waals surface area (Å²) < 4.78 is 11.0. The number of aromatic amines is 1. The third-order valence-corrected chi connectivity index (χ3v) is 9.67. The zero-order valence-electron chi connectivity index (χ0n) is 21.7. The molecular formula is C30H23ClN2O6S2. The fourth-order valence-corrected chi connectivity index (χ4v) is 7.75. The van der Waals surface area contributed by atoms with Crippen LogP contribution >= 0.6 is 34.7 Å². The van der Waals surface area contributed by atoms with Gasteiger partial charge in [0.25, 0.3) is 0 Å². The Bertz CT molecular complexity index is 1680. The Hall–Kier alpha value is -3.86. The van der Waals surface area contributed by atoms with Gasteiger partial charge in [-0.3, -0.25) is 14.4 Å². The van der Waals surface area contributed by atoms with E-state index in [9.17, 15) is 19.2 Å². The standard InChI is InChI=1S/C30H23ClN2O6S2/c1-2-38-29(36)18-5-11-20(12-6-18)33-27(34)23-22(24-26(32-30(37)41-24)40-25(23)28(33)35)17-7-13-21(14-8-17)39-15-16-3-9-19(31)10-4-16/h3-14,22-23,25H,2,15H2,1H3,(H,32,37). The van der Waals surface area contributed by atoms with Crippen molar-refractivity contribution in [3.8, 4) is 5.75 Å². The van der Waals surface area contributed by atoms with Crippen LogP contribution in [0.3, 0.4) is 0 Å². The molecule has 3 atom stereocenters. The third-order valence-electron chi connectivity index (χ3n) is 7.02. The number of esters is 1. The number of aromatic nitrogens is 1. The number of anilines is 1. The summed E-state index contributed by atoms with van der Waals surface area (Å²) in [6.45, 7) is 2.33. The lowest BCUT2D eigenvalue weighted by Crippen LogP contribution is -2.32. The van der Waals surface area contributed by atoms with Crippen LogP contribution in [0.25, 0.3) is 0 Å². The number of benzene rings is 3. The van der Waals surface area contributed by atoms with Gasteiger partial charge in [-0.05, 0) is 66.6 Å². The van der Waals surface area contributed by atoms with E-state index in [1.165, 1.54) is 28.8 Å². The van der Waals surface area contributed by atoms with E-state index in [4.69, 9.17) is 21.1 Å². The van der Waals surface area contributed by atoms with Gasteiger partial charge >= 0.3 is 10.8 Å². The summed E-state index contributed by atoms with van der Waals surface area (Å²) in [6.07, 6.45) is 0. The number of ether oxygens (including phenoxy) is 2. The van der Waals surface area contributed by atoms with E-state index in [0.717, 1.165) is 27.3 Å². The van der Waals surface area contributed by atoms with Crippen molar-refractivity contribution >= 4 is 58.2 Å². The number of hydrogen-bond acceptors (Lipinski definition) is 8. The summed E-state index contributed by atoms with van der Waals surface area (Å²) in [4.78, 5) is 56.5. The number of thiazole rings is 1. The van der Waals surface area contributed by atoms with Crippen molar-refractivity contribution in [2.45, 2.75) is 29.7 Å². The van der Waals surface area contributed by atoms with E-state index in [0.29, 0.717) is 33.7 Å². The average Bonchev–Trinajstić information content (AvgIpc) is 3.47. The number of halogens is 1. The lowest BCUT2D eigenvalue weighted by atomic mass is 9.83. The van der Waals surface area contributed by atoms with Crippen molar-refractivity contribution < 1.29 is 23.9 Å². The Balaban J connectivity index is 1.29. The molecule has 1 N–H and O–H groups in total. The van der Waals surface area contributed by atoms with E-state index in [-0.39, 0.29) is 23.3 Å². The number of carbonyl (C=O) groups is 3. The fraction of sp³-hybridized carbons (Fsp3) is 0.200. The van der Waals surface area contributed by atoms with Crippen LogP contribution in [0.15, 0.2) is 82.6 Å². The second kappa shape index (κ2) is 11.2. The molecule has 11 heteroatoms. The van der Waals surface area contributed by atoms with Crippen molar-refractivity contribution in [3.63, 3.8) is 0 Å². The molecule has 6 rings (SSSR count). The average molecular weight is 607 g/mol. The molecule has 0 radical (unpaired) electrons. The van der Waals surface area contributed by atoms with Crippen LogP contribution < -0.4 is 14.5 Å². The van der Waals surface area contributed by atoms with Crippen molar-refractivity contribution in [3.05, 3.63) is 109 Å². The van der Waals surface area contributed by atoms with Crippen LogP contribution in [0.1, 0.15) is 39.2 Å². The highest BCUT2D eigenvalue weighted by molar-refractivity contribution is 8.00. The van der Waals surface area contributed by atoms with Crippen LogP contribution in [-0.4, -0.2) is 34.6 Å². The Kier molecular flexibility index (Phi) is 7.46. The molecule has 0 bridgehead atoms. The quantitative estimate of drug-likeness (QED) is 0.214. The minimum absolute atomic E-state index is 0.235. The zero-order chi connectivity index (χ0) is 28.7. The molecule has 208 valence electrons. The Morgan fingerprint density at radius 3 is 2.34 bits per heavy atom. The van der Waals surface area contributed by atoms with Gasteiger partial charge in [0, 0.05) is 15.8 Å². The molecule has 4 aromatic rings. The Labute approximate surface area is 248 Å². The maximum Gasteiger partial charge on any atom is 0.338 e. The number of rotatable bonds is 7. The van der Waals surface area contributed by atoms with Crippen LogP contribution in [0.2, 0.25) is 5.02 Å². The van der Waals surface area contributed by atoms with Gasteiger partial charge in [-0.25, -0.2) is 9.69 Å². The highest BCUT2D eigenvalue weighted by Gasteiger charge is 2.56. The molecule has 1 saturated heterocycles. The van der Waals surface area contributed by atoms with Gasteiger partial charge < -0.3 is 14.5 Å². The summed E-state index contributed by atoms with van der Waals surface area (Å²) in [5.74, 6) is -1.75. The van der Waals surface area contributed by atoms with Crippen molar-refractivity contribution in [2.75, 3.05) is 11.5 Å². The highest BCUT2D eigenvalue weighted by atomic mass is 35.5. The number of fused-ring (bicyclic) bond motifs is 2. The summed E-state index contributed by atoms with van der Waals surface area (Å²) in [7, 11) is 0. The first-order valence-corrected chi connectivity index (χ1v) is 14.9. The number of amides is 2. The molecule has 1 aromatic heterocycles. The number of nitrogens with zero attached hydrogens (tertiary/aromatic N) is 1. The predicted molar refractivity (Wildman–Crippen MR) is 157 cm³/mol. The van der Waals surface area contributed by atoms with E-state index in [1.54, 1.807) is 31.2 Å². The molecule has 2 amide bonds. The molecule has 3 heterocycles. The predicted octanol–water partition coefficient (Wildman–Crippen LogP) is 5.64. The van der Waals surface area contributed by atoms with Gasteiger partial charge in [0.05, 0.1) is 28.8 Å². The SMILES string of the molecule is CCOC(=O)c1ccc(N2C(=O)C3Sc4[nH]c(=O)sc4C(c4ccc(OCc5ccc(Cl)cc5)cc4)C3C2=O)cc1. The monoisotopic (exact) mass is 606 g/mol. The number of H-pyrrole nitrogens is 1. The lowest BCUT2D eigenvalue weighted by molar-refractivity contribution is -0.122. The Morgan fingerprint density at radius 2 is 1.66 bits per heavy atom. The minimum atomic E-state index is -0.712. The maximum atomic E-state index is 13.9. The molecule has 1 fully saturated rings. The summed E-state index contributed by atoms with van der Waals surface area (Å²) >= 11 is 8.23. The molecule has 8 nitrogen and oxygen atoms in total. The highest BCUT2D eigenvalue weighted by Crippen LogP contribution is 2.53. The van der Waals surface area contributed by atoms with Gasteiger partial charge in [-0.1, -0.05) is 59.0 Å². The van der Waals surface area contributed by atoms with Crippen LogP contribution in [0.5, 0.6) is 5.75 Å². The number of thioether (sulfide) groups is 1. The first-order valence-electron chi connectivity index (χ1n) is 12.9. The topological polar surface area (TPSA) is 106 Å². The molecule has 2 aliphatic heterocycles. The van der Waals surface area contributed by atoms with Crippen molar-refractivity contribution in [2.24, 2.45) is 5.92 Å². The third kappa shape index (κ3) is 5.18. The molecule has 0 aliphatic carbocycles. The first kappa shape index (κ1) is 27.3. The first-order chi connectivity index (χ1) is 19.8. The number of imide groups is 1. The van der Waals surface area contributed by atoms with Crippen LogP contribution in [0.4, 0.5) is 5.69 Å². The Morgan fingerprint density at radius 1 is 0.951 bits per heavy atom. The van der Waals surface area contributed by atoms with Gasteiger partial charge in [0.15, 0.2) is 0 Å². The van der Waals surface area contributed by atoms with Gasteiger partial charge in [0.2, 0.25) is 11.8 Å². The number of hydrogen-bond donors (Lipinski definition) is 1. The molecule has 2 aliphatic rings. The normalized spacial score (nSPS) is 19.6. The van der Waals surface area contributed by atoms with Crippen molar-refractivity contribution in [1.29, 1.82) is 0 Å². The lowest BCUT2D eigenvalue weighted by Gasteiger charge is -2.29. The van der Waals surface area contributed by atoms with Crippen LogP contribution in [-0.2, 0) is 20.9 Å². The van der Waals surface area contributed by atoms with E-state index < -0.39 is 23.1 Å². The van der Waals surface area contributed by atoms with Gasteiger partial charge in [-0.2, -0.15) is 0 Å². The smallest absolute Gasteiger partial charge is 0.338 e. The van der Waals surface area contributed by atoms with Crippen molar-refractivity contribution in [1.82, 2.24) is 4.98 Å². The number of carbonyl (C=O) groups excluding carboxylic acids is 3. The van der Waals surface area contributed by atoms with E-state index in [1.807, 2.05) is 36.4 Å². The molecule has 41 heavy (non-hydrogen) atoms. The summed E-state index contributed by atoms with van der Waals surface area (Å²) in [6, 6.07) is 21.0. The fourth-order valence-electron chi connectivity index (χ4n) is 5.11. The van der Waals surface area contributed by atoms with Gasteiger partial charge in [0.1, 0.15) is 17.6 Å². The molecular weight excluding hydrogens is 584 g/mol. The van der Waals surface area contributed by atoms with E-state index in [2.05, 4.69) is 4.98 Å². The second-order valence-corrected chi connectivity index (χ2v) is 12.1. The maximum absolute atomic E-state index is 13.9. The second-order valence-electron chi connectivity index (χ2n) is 9.51. The minimum Gasteiger partial charge on any atom is -0.489 e.